The predicted molar refractivity (Wildman–Crippen MR) is 94.5 cm³/mol. The summed E-state index contributed by atoms with van der Waals surface area (Å²) >= 11 is 0. The number of nitrogens with one attached hydrogen (secondary N) is 2. The highest BCUT2D eigenvalue weighted by atomic mass is 16.5. The van der Waals surface area contributed by atoms with E-state index in [1.54, 1.807) is 11.8 Å². The summed E-state index contributed by atoms with van der Waals surface area (Å²) in [6, 6.07) is 0. The first-order valence-electron chi connectivity index (χ1n) is 8.94. The number of nitrogens with zero attached hydrogens (tertiary/aromatic N) is 4. The van der Waals surface area contributed by atoms with Crippen molar-refractivity contribution in [3.8, 4) is 0 Å². The standard InChI is InChI=1S/C16H30N6O2/c1-3-17-15(19-10-7-13-24-2)18-9-6-12-22-16(23)21-11-5-4-8-14(21)20-22/h3-13H2,1-2H3,(H2,17,18,19). The van der Waals surface area contributed by atoms with Crippen molar-refractivity contribution in [1.29, 1.82) is 0 Å². The minimum atomic E-state index is 0.0262. The minimum absolute atomic E-state index is 0.0262. The largest absolute Gasteiger partial charge is 0.385 e. The van der Waals surface area contributed by atoms with Crippen LogP contribution >= 0.6 is 0 Å². The lowest BCUT2D eigenvalue weighted by atomic mass is 10.2. The van der Waals surface area contributed by atoms with Gasteiger partial charge in [0.25, 0.3) is 0 Å². The summed E-state index contributed by atoms with van der Waals surface area (Å²) in [5.74, 6) is 1.74. The Morgan fingerprint density at radius 1 is 1.33 bits per heavy atom. The molecule has 8 nitrogen and oxygen atoms in total. The summed E-state index contributed by atoms with van der Waals surface area (Å²) < 4.78 is 8.44. The number of ether oxygens (including phenoxy) is 1. The van der Waals surface area contributed by atoms with Crippen LogP contribution in [0.3, 0.4) is 0 Å². The molecular formula is C16H30N6O2. The summed E-state index contributed by atoms with van der Waals surface area (Å²) in [7, 11) is 1.70. The normalized spacial score (nSPS) is 14.5. The molecule has 1 aromatic rings. The number of hydrogen-bond donors (Lipinski definition) is 2. The first-order valence-corrected chi connectivity index (χ1v) is 8.94. The van der Waals surface area contributed by atoms with Gasteiger partial charge in [-0.25, -0.2) is 9.48 Å². The van der Waals surface area contributed by atoms with Crippen LogP contribution in [0.15, 0.2) is 9.79 Å². The van der Waals surface area contributed by atoms with Crippen LogP contribution in [-0.4, -0.2) is 53.7 Å². The van der Waals surface area contributed by atoms with Crippen LogP contribution in [0.25, 0.3) is 0 Å². The lowest BCUT2D eigenvalue weighted by Gasteiger charge is -2.10. The zero-order valence-corrected chi connectivity index (χ0v) is 14.9. The van der Waals surface area contributed by atoms with E-state index in [1.807, 2.05) is 11.5 Å². The van der Waals surface area contributed by atoms with Crippen LogP contribution in [0.1, 0.15) is 38.4 Å². The van der Waals surface area contributed by atoms with E-state index in [1.165, 1.54) is 0 Å². The van der Waals surface area contributed by atoms with Crippen molar-refractivity contribution < 1.29 is 4.74 Å². The highest BCUT2D eigenvalue weighted by molar-refractivity contribution is 5.79. The van der Waals surface area contributed by atoms with Crippen LogP contribution in [0.5, 0.6) is 0 Å². The van der Waals surface area contributed by atoms with Crippen molar-refractivity contribution in [2.75, 3.05) is 33.4 Å². The van der Waals surface area contributed by atoms with E-state index in [0.717, 1.165) is 70.1 Å². The number of hydrogen-bond acceptors (Lipinski definition) is 4. The van der Waals surface area contributed by atoms with Crippen LogP contribution in [0.2, 0.25) is 0 Å². The van der Waals surface area contributed by atoms with Gasteiger partial charge < -0.3 is 15.4 Å². The van der Waals surface area contributed by atoms with Gasteiger partial charge in [-0.05, 0) is 32.6 Å². The van der Waals surface area contributed by atoms with E-state index in [0.29, 0.717) is 13.1 Å². The monoisotopic (exact) mass is 338 g/mol. The highest BCUT2D eigenvalue weighted by Gasteiger charge is 2.15. The molecule has 0 saturated heterocycles. The summed E-state index contributed by atoms with van der Waals surface area (Å²) in [6.45, 7) is 6.51. The molecule has 2 N–H and O–H groups in total. The first-order chi connectivity index (χ1) is 11.8. The second kappa shape index (κ2) is 10.1. The fourth-order valence-corrected chi connectivity index (χ4v) is 2.77. The molecule has 0 saturated carbocycles. The maximum atomic E-state index is 12.2. The molecule has 0 amide bonds. The smallest absolute Gasteiger partial charge is 0.345 e. The van der Waals surface area contributed by atoms with Crippen LogP contribution in [-0.2, 0) is 24.2 Å². The van der Waals surface area contributed by atoms with Crippen LogP contribution in [0.4, 0.5) is 0 Å². The molecule has 0 radical (unpaired) electrons. The Balaban J connectivity index is 1.79. The van der Waals surface area contributed by atoms with E-state index >= 15 is 0 Å². The molecule has 0 fully saturated rings. The van der Waals surface area contributed by atoms with Gasteiger partial charge in [-0.1, -0.05) is 0 Å². The molecule has 0 aromatic carbocycles. The van der Waals surface area contributed by atoms with E-state index in [-0.39, 0.29) is 5.69 Å². The quantitative estimate of drug-likeness (QED) is 0.386. The third kappa shape index (κ3) is 5.36. The number of aryl methyl sites for hydroxylation is 2. The van der Waals surface area contributed by atoms with Gasteiger partial charge in [-0.3, -0.25) is 9.56 Å². The molecule has 136 valence electrons. The second-order valence-electron chi connectivity index (χ2n) is 5.92. The Labute approximate surface area is 143 Å². The van der Waals surface area contributed by atoms with Gasteiger partial charge in [0.15, 0.2) is 5.96 Å². The third-order valence-corrected chi connectivity index (χ3v) is 3.99. The van der Waals surface area contributed by atoms with E-state index in [4.69, 9.17) is 4.74 Å². The zero-order valence-electron chi connectivity index (χ0n) is 14.9. The minimum Gasteiger partial charge on any atom is -0.385 e. The molecule has 1 aliphatic rings. The van der Waals surface area contributed by atoms with Gasteiger partial charge in [0.2, 0.25) is 0 Å². The fraction of sp³-hybridized carbons (Fsp3) is 0.812. The molecule has 0 atom stereocenters. The number of guanidine groups is 1. The summed E-state index contributed by atoms with van der Waals surface area (Å²) in [4.78, 5) is 16.8. The Bertz CT molecular complexity index is 578. The van der Waals surface area contributed by atoms with Gasteiger partial charge in [0, 0.05) is 52.9 Å². The molecule has 1 aliphatic heterocycles. The molecule has 8 heteroatoms. The van der Waals surface area contributed by atoms with Crippen molar-refractivity contribution in [3.63, 3.8) is 0 Å². The molecule has 2 rings (SSSR count). The number of aromatic nitrogens is 3. The average Bonchev–Trinajstić information content (AvgIpc) is 2.92. The first kappa shape index (κ1) is 18.5. The number of methoxy groups -OCH3 is 1. The van der Waals surface area contributed by atoms with Crippen molar-refractivity contribution in [2.45, 2.75) is 52.1 Å². The lowest BCUT2D eigenvalue weighted by molar-refractivity contribution is 0.195. The molecule has 24 heavy (non-hydrogen) atoms. The SMILES string of the molecule is CCNC(=NCCCn1nc2n(c1=O)CCCC2)NCCCOC. The molecule has 1 aromatic heterocycles. The van der Waals surface area contributed by atoms with E-state index < -0.39 is 0 Å². The number of aliphatic imine (C=N–C) groups is 1. The van der Waals surface area contributed by atoms with Gasteiger partial charge in [-0.15, -0.1) is 0 Å². The maximum absolute atomic E-state index is 12.2. The van der Waals surface area contributed by atoms with Gasteiger partial charge in [0.1, 0.15) is 5.82 Å². The van der Waals surface area contributed by atoms with Gasteiger partial charge in [-0.2, -0.15) is 5.10 Å². The van der Waals surface area contributed by atoms with E-state index in [2.05, 4.69) is 20.7 Å². The highest BCUT2D eigenvalue weighted by Crippen LogP contribution is 2.09. The van der Waals surface area contributed by atoms with E-state index in [9.17, 15) is 4.79 Å². The molecule has 0 aliphatic carbocycles. The zero-order chi connectivity index (χ0) is 17.2. The Hall–Kier alpha value is -1.83. The molecule has 0 bridgehead atoms. The number of fused-ring (bicyclic) bond motifs is 1. The molecule has 2 heterocycles. The summed E-state index contributed by atoms with van der Waals surface area (Å²) in [5.41, 5.74) is 0.0262. The van der Waals surface area contributed by atoms with Crippen LogP contribution in [0, 0.1) is 0 Å². The number of rotatable bonds is 9. The third-order valence-electron chi connectivity index (χ3n) is 3.99. The average molecular weight is 338 g/mol. The topological polar surface area (TPSA) is 85.5 Å². The van der Waals surface area contributed by atoms with Crippen molar-refractivity contribution >= 4 is 5.96 Å². The fourth-order valence-electron chi connectivity index (χ4n) is 2.77. The van der Waals surface area contributed by atoms with Crippen LogP contribution < -0.4 is 16.3 Å². The Kier molecular flexibility index (Phi) is 7.81. The van der Waals surface area contributed by atoms with Gasteiger partial charge in [0.05, 0.1) is 0 Å². The second-order valence-corrected chi connectivity index (χ2v) is 5.92. The summed E-state index contributed by atoms with van der Waals surface area (Å²) in [6.07, 6.45) is 4.85. The van der Waals surface area contributed by atoms with Crippen molar-refractivity contribution in [3.05, 3.63) is 16.3 Å². The molecule has 0 unspecified atom stereocenters. The predicted octanol–water partition coefficient (Wildman–Crippen LogP) is 0.363. The molecular weight excluding hydrogens is 308 g/mol. The van der Waals surface area contributed by atoms with Gasteiger partial charge >= 0.3 is 5.69 Å². The van der Waals surface area contributed by atoms with Crippen molar-refractivity contribution in [2.24, 2.45) is 4.99 Å². The maximum Gasteiger partial charge on any atom is 0.345 e. The Morgan fingerprint density at radius 3 is 2.96 bits per heavy atom. The lowest BCUT2D eigenvalue weighted by Crippen LogP contribution is -2.38. The summed E-state index contributed by atoms with van der Waals surface area (Å²) in [5, 5.41) is 10.9. The molecule has 0 spiro atoms. The Morgan fingerprint density at radius 2 is 2.21 bits per heavy atom. The van der Waals surface area contributed by atoms with Crippen molar-refractivity contribution in [1.82, 2.24) is 25.0 Å².